The van der Waals surface area contributed by atoms with E-state index in [9.17, 15) is 9.59 Å². The van der Waals surface area contributed by atoms with Crippen molar-refractivity contribution < 1.29 is 19.1 Å². The summed E-state index contributed by atoms with van der Waals surface area (Å²) in [6.45, 7) is 2.38. The van der Waals surface area contributed by atoms with Gasteiger partial charge in [0.2, 0.25) is 0 Å². The van der Waals surface area contributed by atoms with Crippen LogP contribution in [0.5, 0.6) is 5.75 Å². The Hall–Kier alpha value is -2.04. The molecule has 5 nitrogen and oxygen atoms in total. The Morgan fingerprint density at radius 1 is 1.15 bits per heavy atom. The number of unbranched alkanes of at least 4 members (excludes halogenated alkanes) is 3. The second-order valence-electron chi connectivity index (χ2n) is 4.35. The number of amides is 1. The van der Waals surface area contributed by atoms with Crippen molar-refractivity contribution in [3.63, 3.8) is 0 Å². The Kier molecular flexibility index (Phi) is 7.17. The zero-order chi connectivity index (χ0) is 14.8. The number of rotatable bonds is 7. The van der Waals surface area contributed by atoms with Gasteiger partial charge in [-0.25, -0.2) is 4.79 Å². The standard InChI is InChI=1S/C15H21NO4/c1-3-4-5-8-11-20-15(18)14(17)16-12-9-6-7-10-13(12)19-2/h6-7,9-10H,3-5,8,11H2,1-2H3,(H,16,17). The predicted octanol–water partition coefficient (Wildman–Crippen LogP) is 2.76. The molecule has 0 spiro atoms. The highest BCUT2D eigenvalue weighted by Crippen LogP contribution is 2.22. The van der Waals surface area contributed by atoms with E-state index < -0.39 is 11.9 Å². The zero-order valence-corrected chi connectivity index (χ0v) is 12.0. The molecular formula is C15H21NO4. The average molecular weight is 279 g/mol. The maximum atomic E-state index is 11.7. The normalized spacial score (nSPS) is 9.90. The number of anilines is 1. The number of carbonyl (C=O) groups is 2. The summed E-state index contributed by atoms with van der Waals surface area (Å²) in [4.78, 5) is 23.2. The fourth-order valence-electron chi connectivity index (χ4n) is 1.68. The van der Waals surface area contributed by atoms with Gasteiger partial charge in [0.15, 0.2) is 0 Å². The molecule has 1 aromatic rings. The van der Waals surface area contributed by atoms with Gasteiger partial charge in [-0.1, -0.05) is 38.3 Å². The quantitative estimate of drug-likeness (QED) is 0.473. The minimum absolute atomic E-state index is 0.276. The van der Waals surface area contributed by atoms with E-state index in [0.717, 1.165) is 25.7 Å². The molecule has 110 valence electrons. The molecule has 0 unspecified atom stereocenters. The molecule has 0 fully saturated rings. The molecule has 0 aliphatic rings. The third kappa shape index (κ3) is 5.30. The highest BCUT2D eigenvalue weighted by molar-refractivity contribution is 6.37. The summed E-state index contributed by atoms with van der Waals surface area (Å²) in [5, 5.41) is 2.47. The van der Waals surface area contributed by atoms with Gasteiger partial charge in [0.25, 0.3) is 0 Å². The van der Waals surface area contributed by atoms with E-state index in [0.29, 0.717) is 11.4 Å². The van der Waals surface area contributed by atoms with Gasteiger partial charge in [0.05, 0.1) is 19.4 Å². The molecule has 0 aromatic heterocycles. The lowest BCUT2D eigenvalue weighted by Gasteiger charge is -2.09. The molecule has 0 saturated carbocycles. The fourth-order valence-corrected chi connectivity index (χ4v) is 1.68. The molecule has 0 radical (unpaired) electrons. The Morgan fingerprint density at radius 3 is 2.60 bits per heavy atom. The van der Waals surface area contributed by atoms with Crippen molar-refractivity contribution in [1.82, 2.24) is 0 Å². The number of benzene rings is 1. The minimum atomic E-state index is -0.868. The van der Waals surface area contributed by atoms with Gasteiger partial charge >= 0.3 is 11.9 Å². The molecule has 1 rings (SSSR count). The number of hydrogen-bond acceptors (Lipinski definition) is 4. The minimum Gasteiger partial charge on any atom is -0.495 e. The first kappa shape index (κ1) is 16.0. The number of esters is 1. The van der Waals surface area contributed by atoms with Crippen molar-refractivity contribution in [2.24, 2.45) is 0 Å². The molecule has 1 aromatic carbocycles. The zero-order valence-electron chi connectivity index (χ0n) is 12.0. The van der Waals surface area contributed by atoms with Crippen molar-refractivity contribution >= 4 is 17.6 Å². The van der Waals surface area contributed by atoms with Crippen LogP contribution in [0.4, 0.5) is 5.69 Å². The lowest BCUT2D eigenvalue weighted by molar-refractivity contribution is -0.152. The van der Waals surface area contributed by atoms with Crippen LogP contribution in [0.15, 0.2) is 24.3 Å². The van der Waals surface area contributed by atoms with Gasteiger partial charge in [-0.3, -0.25) is 4.79 Å². The molecule has 1 amide bonds. The molecule has 0 aliphatic carbocycles. The van der Waals surface area contributed by atoms with Gasteiger partial charge in [-0.15, -0.1) is 0 Å². The molecule has 5 heteroatoms. The van der Waals surface area contributed by atoms with Crippen LogP contribution in [0.3, 0.4) is 0 Å². The highest BCUT2D eigenvalue weighted by Gasteiger charge is 2.16. The van der Waals surface area contributed by atoms with E-state index in [1.807, 2.05) is 0 Å². The number of ether oxygens (including phenoxy) is 2. The van der Waals surface area contributed by atoms with Gasteiger partial charge in [0, 0.05) is 0 Å². The second kappa shape index (κ2) is 8.96. The van der Waals surface area contributed by atoms with E-state index in [4.69, 9.17) is 9.47 Å². The third-order valence-electron chi connectivity index (χ3n) is 2.77. The monoisotopic (exact) mass is 279 g/mol. The van der Waals surface area contributed by atoms with Gasteiger partial charge in [-0.05, 0) is 18.6 Å². The molecule has 1 N–H and O–H groups in total. The number of methoxy groups -OCH3 is 1. The van der Waals surface area contributed by atoms with E-state index in [2.05, 4.69) is 12.2 Å². The third-order valence-corrected chi connectivity index (χ3v) is 2.77. The molecule has 0 atom stereocenters. The summed E-state index contributed by atoms with van der Waals surface area (Å²) >= 11 is 0. The smallest absolute Gasteiger partial charge is 0.397 e. The molecule has 0 bridgehead atoms. The van der Waals surface area contributed by atoms with Crippen LogP contribution in [0.1, 0.15) is 32.6 Å². The topological polar surface area (TPSA) is 64.6 Å². The maximum absolute atomic E-state index is 11.7. The number of carbonyl (C=O) groups excluding carboxylic acids is 2. The van der Waals surface area contributed by atoms with Crippen molar-refractivity contribution in [3.8, 4) is 5.75 Å². The van der Waals surface area contributed by atoms with Crippen molar-refractivity contribution in [3.05, 3.63) is 24.3 Å². The Morgan fingerprint density at radius 2 is 1.90 bits per heavy atom. The molecule has 20 heavy (non-hydrogen) atoms. The maximum Gasteiger partial charge on any atom is 0.397 e. The van der Waals surface area contributed by atoms with E-state index in [-0.39, 0.29) is 6.61 Å². The van der Waals surface area contributed by atoms with Gasteiger partial charge < -0.3 is 14.8 Å². The predicted molar refractivity (Wildman–Crippen MR) is 76.7 cm³/mol. The number of hydrogen-bond donors (Lipinski definition) is 1. The Bertz CT molecular complexity index is 445. The summed E-state index contributed by atoms with van der Waals surface area (Å²) in [6.07, 6.45) is 3.99. The van der Waals surface area contributed by atoms with E-state index in [1.54, 1.807) is 24.3 Å². The van der Waals surface area contributed by atoms with Crippen LogP contribution >= 0.6 is 0 Å². The SMILES string of the molecule is CCCCCCOC(=O)C(=O)Nc1ccccc1OC. The lowest BCUT2D eigenvalue weighted by Crippen LogP contribution is -2.25. The largest absolute Gasteiger partial charge is 0.495 e. The van der Waals surface area contributed by atoms with E-state index in [1.165, 1.54) is 7.11 Å². The highest BCUT2D eigenvalue weighted by atomic mass is 16.5. The van der Waals surface area contributed by atoms with Crippen LogP contribution in [0.2, 0.25) is 0 Å². The fraction of sp³-hybridized carbons (Fsp3) is 0.467. The van der Waals surface area contributed by atoms with E-state index >= 15 is 0 Å². The van der Waals surface area contributed by atoms with Crippen LogP contribution in [-0.2, 0) is 14.3 Å². The number of nitrogens with one attached hydrogen (secondary N) is 1. The summed E-state index contributed by atoms with van der Waals surface area (Å²) in [7, 11) is 1.50. The first-order chi connectivity index (χ1) is 9.69. The van der Waals surface area contributed by atoms with Crippen molar-refractivity contribution in [1.29, 1.82) is 0 Å². The number of para-hydroxylation sites is 2. The molecular weight excluding hydrogens is 258 g/mol. The summed E-state index contributed by atoms with van der Waals surface area (Å²) in [5.41, 5.74) is 0.447. The lowest BCUT2D eigenvalue weighted by atomic mass is 10.2. The molecule has 0 saturated heterocycles. The van der Waals surface area contributed by atoms with Crippen LogP contribution < -0.4 is 10.1 Å². The Labute approximate surface area is 119 Å². The summed E-state index contributed by atoms with van der Waals surface area (Å²) < 4.78 is 9.99. The summed E-state index contributed by atoms with van der Waals surface area (Å²) in [6, 6.07) is 6.88. The second-order valence-corrected chi connectivity index (χ2v) is 4.35. The van der Waals surface area contributed by atoms with Crippen molar-refractivity contribution in [2.45, 2.75) is 32.6 Å². The van der Waals surface area contributed by atoms with Crippen molar-refractivity contribution in [2.75, 3.05) is 19.0 Å². The Balaban J connectivity index is 2.40. The molecule has 0 aliphatic heterocycles. The molecule has 0 heterocycles. The summed E-state index contributed by atoms with van der Waals surface area (Å²) in [5.74, 6) is -1.16. The first-order valence-electron chi connectivity index (χ1n) is 6.80. The first-order valence-corrected chi connectivity index (χ1v) is 6.80. The van der Waals surface area contributed by atoms with Gasteiger partial charge in [0.1, 0.15) is 5.75 Å². The van der Waals surface area contributed by atoms with Crippen LogP contribution in [0.25, 0.3) is 0 Å². The van der Waals surface area contributed by atoms with Gasteiger partial charge in [-0.2, -0.15) is 0 Å². The average Bonchev–Trinajstić information content (AvgIpc) is 2.47. The van der Waals surface area contributed by atoms with Crippen LogP contribution in [0, 0.1) is 0 Å². The van der Waals surface area contributed by atoms with Crippen LogP contribution in [-0.4, -0.2) is 25.6 Å².